The van der Waals surface area contributed by atoms with Gasteiger partial charge in [0.2, 0.25) is 11.7 Å². The molecule has 1 saturated carbocycles. The molecular weight excluding hydrogens is 349 g/mol. The summed E-state index contributed by atoms with van der Waals surface area (Å²) in [5.41, 5.74) is 1.93. The number of nitrogens with zero attached hydrogens (tertiary/aromatic N) is 1. The van der Waals surface area contributed by atoms with Crippen molar-refractivity contribution in [3.8, 4) is 0 Å². The highest BCUT2D eigenvalue weighted by atomic mass is 19.1. The third kappa shape index (κ3) is 5.00. The van der Waals surface area contributed by atoms with E-state index in [1.54, 1.807) is 12.1 Å². The summed E-state index contributed by atoms with van der Waals surface area (Å²) in [4.78, 5) is 36.2. The van der Waals surface area contributed by atoms with Crippen LogP contribution in [-0.2, 0) is 20.9 Å². The molecular formula is C21H20FNO4. The Morgan fingerprint density at radius 2 is 1.70 bits per heavy atom. The summed E-state index contributed by atoms with van der Waals surface area (Å²) < 4.78 is 13.1. The van der Waals surface area contributed by atoms with Gasteiger partial charge in [0.15, 0.2) is 0 Å². The van der Waals surface area contributed by atoms with E-state index in [0.717, 1.165) is 12.0 Å². The van der Waals surface area contributed by atoms with Gasteiger partial charge in [0.25, 0.3) is 0 Å². The monoisotopic (exact) mass is 369 g/mol. The van der Waals surface area contributed by atoms with Crippen molar-refractivity contribution in [2.45, 2.75) is 25.3 Å². The topological polar surface area (TPSA) is 74.7 Å². The maximum absolute atomic E-state index is 13.1. The maximum Gasteiger partial charge on any atom is 0.372 e. The normalized spacial score (nSPS) is 18.0. The average molecular weight is 369 g/mol. The van der Waals surface area contributed by atoms with Gasteiger partial charge in [-0.05, 0) is 41.5 Å². The Balaban J connectivity index is 1.69. The van der Waals surface area contributed by atoms with E-state index in [1.807, 2.05) is 30.3 Å². The Labute approximate surface area is 156 Å². The number of hydrogen-bond acceptors (Lipinski definition) is 3. The summed E-state index contributed by atoms with van der Waals surface area (Å²) >= 11 is 0. The van der Waals surface area contributed by atoms with Gasteiger partial charge in [0.1, 0.15) is 5.82 Å². The smallest absolute Gasteiger partial charge is 0.372 e. The van der Waals surface area contributed by atoms with Gasteiger partial charge in [0.05, 0.1) is 6.42 Å². The second-order valence-electron chi connectivity index (χ2n) is 6.82. The summed E-state index contributed by atoms with van der Waals surface area (Å²) in [6.45, 7) is 0.646. The predicted molar refractivity (Wildman–Crippen MR) is 96.4 cm³/mol. The number of rotatable bonds is 8. The fourth-order valence-electron chi connectivity index (χ4n) is 3.23. The van der Waals surface area contributed by atoms with E-state index in [0.29, 0.717) is 12.5 Å². The minimum Gasteiger partial charge on any atom is -0.475 e. The van der Waals surface area contributed by atoms with Gasteiger partial charge in [-0.1, -0.05) is 42.5 Å². The molecule has 0 heterocycles. The maximum atomic E-state index is 13.1. The molecule has 1 aliphatic carbocycles. The number of Topliss-reactive ketones (excluding diaryl/α,β-unsaturated/α-hetero) is 1. The lowest BCUT2D eigenvalue weighted by atomic mass is 10.1. The Hall–Kier alpha value is -3.02. The van der Waals surface area contributed by atoms with Crippen LogP contribution >= 0.6 is 0 Å². The number of amides is 1. The van der Waals surface area contributed by atoms with E-state index in [1.165, 1.54) is 22.6 Å². The second-order valence-corrected chi connectivity index (χ2v) is 6.82. The van der Waals surface area contributed by atoms with Crippen molar-refractivity contribution in [3.63, 3.8) is 0 Å². The summed E-state index contributed by atoms with van der Waals surface area (Å²) in [6, 6.07) is 15.8. The molecule has 2 aromatic carbocycles. The molecule has 0 aliphatic heterocycles. The van der Waals surface area contributed by atoms with Crippen LogP contribution in [0.1, 0.15) is 29.9 Å². The molecule has 1 amide bonds. The van der Waals surface area contributed by atoms with E-state index in [9.17, 15) is 18.8 Å². The molecule has 27 heavy (non-hydrogen) atoms. The van der Waals surface area contributed by atoms with Crippen LogP contribution in [0.2, 0.25) is 0 Å². The van der Waals surface area contributed by atoms with Crippen molar-refractivity contribution in [2.24, 2.45) is 5.92 Å². The van der Waals surface area contributed by atoms with Crippen LogP contribution in [0.25, 0.3) is 0 Å². The highest BCUT2D eigenvalue weighted by Gasteiger charge is 2.40. The van der Waals surface area contributed by atoms with Crippen LogP contribution < -0.4 is 0 Å². The van der Waals surface area contributed by atoms with Crippen LogP contribution in [0.5, 0.6) is 0 Å². The van der Waals surface area contributed by atoms with Crippen molar-refractivity contribution < 1.29 is 23.9 Å². The van der Waals surface area contributed by atoms with Gasteiger partial charge in [-0.15, -0.1) is 0 Å². The van der Waals surface area contributed by atoms with Crippen molar-refractivity contribution in [1.82, 2.24) is 4.90 Å². The van der Waals surface area contributed by atoms with E-state index >= 15 is 0 Å². The van der Waals surface area contributed by atoms with Crippen LogP contribution in [0.4, 0.5) is 4.39 Å². The first-order valence-electron chi connectivity index (χ1n) is 8.77. The van der Waals surface area contributed by atoms with Crippen LogP contribution in [-0.4, -0.2) is 34.2 Å². The van der Waals surface area contributed by atoms with E-state index in [-0.39, 0.29) is 18.3 Å². The fourth-order valence-corrected chi connectivity index (χ4v) is 3.23. The van der Waals surface area contributed by atoms with E-state index < -0.39 is 24.1 Å². The lowest BCUT2D eigenvalue weighted by Gasteiger charge is -2.23. The van der Waals surface area contributed by atoms with Crippen molar-refractivity contribution >= 4 is 17.7 Å². The molecule has 1 aliphatic rings. The van der Waals surface area contributed by atoms with Gasteiger partial charge in [0, 0.05) is 13.1 Å². The number of carbonyl (C=O) groups excluding carboxylic acids is 2. The van der Waals surface area contributed by atoms with Crippen molar-refractivity contribution in [3.05, 3.63) is 71.5 Å². The molecule has 6 heteroatoms. The SMILES string of the molecule is O=C(O)C(=O)CC(=O)N(Cc1ccc(F)cc1)CC1CC1c1ccccc1. The van der Waals surface area contributed by atoms with Crippen molar-refractivity contribution in [1.29, 1.82) is 0 Å². The third-order valence-corrected chi connectivity index (χ3v) is 4.79. The van der Waals surface area contributed by atoms with Crippen LogP contribution in [0.15, 0.2) is 54.6 Å². The first-order chi connectivity index (χ1) is 12.9. The zero-order valence-electron chi connectivity index (χ0n) is 14.7. The van der Waals surface area contributed by atoms with Gasteiger partial charge in [-0.3, -0.25) is 9.59 Å². The third-order valence-electron chi connectivity index (χ3n) is 4.79. The molecule has 3 rings (SSSR count). The Bertz CT molecular complexity index is 835. The lowest BCUT2D eigenvalue weighted by Crippen LogP contribution is -2.35. The number of hydrogen-bond donors (Lipinski definition) is 1. The highest BCUT2D eigenvalue weighted by molar-refractivity contribution is 6.36. The predicted octanol–water partition coefficient (Wildman–Crippen LogP) is 3.00. The minimum absolute atomic E-state index is 0.212. The first kappa shape index (κ1) is 18.8. The number of aliphatic carboxylic acids is 1. The molecule has 140 valence electrons. The summed E-state index contributed by atoms with van der Waals surface area (Å²) in [6.07, 6.45) is 0.267. The standard InChI is InChI=1S/C21H20FNO4/c22-17-8-6-14(7-9-17)12-23(20(25)11-19(24)21(26)27)13-16-10-18(16)15-4-2-1-3-5-15/h1-9,16,18H,10-13H2,(H,26,27). The molecule has 0 aromatic heterocycles. The van der Waals surface area contributed by atoms with Crippen molar-refractivity contribution in [2.75, 3.05) is 6.54 Å². The minimum atomic E-state index is -1.61. The lowest BCUT2D eigenvalue weighted by molar-refractivity contribution is -0.151. The van der Waals surface area contributed by atoms with Crippen LogP contribution in [0, 0.1) is 11.7 Å². The van der Waals surface area contributed by atoms with Crippen LogP contribution in [0.3, 0.4) is 0 Å². The molecule has 1 fully saturated rings. The van der Waals surface area contributed by atoms with Gasteiger partial charge in [-0.2, -0.15) is 0 Å². The molecule has 0 bridgehead atoms. The number of carboxylic acids is 1. The van der Waals surface area contributed by atoms with E-state index in [2.05, 4.69) is 0 Å². The number of carboxylic acid groups (broad SMARTS) is 1. The molecule has 0 spiro atoms. The quantitative estimate of drug-likeness (QED) is 0.573. The fraction of sp³-hybridized carbons (Fsp3) is 0.286. The average Bonchev–Trinajstić information content (AvgIpc) is 3.42. The Morgan fingerprint density at radius 3 is 2.33 bits per heavy atom. The van der Waals surface area contributed by atoms with E-state index in [4.69, 9.17) is 5.11 Å². The molecule has 2 unspecified atom stereocenters. The molecule has 2 atom stereocenters. The van der Waals surface area contributed by atoms with Gasteiger partial charge in [-0.25, -0.2) is 9.18 Å². The number of ketones is 1. The van der Waals surface area contributed by atoms with Gasteiger partial charge < -0.3 is 10.0 Å². The molecule has 0 saturated heterocycles. The number of benzene rings is 2. The largest absolute Gasteiger partial charge is 0.475 e. The summed E-state index contributed by atoms with van der Waals surface area (Å²) in [5.74, 6) is -3.02. The Kier molecular flexibility index (Phi) is 5.64. The summed E-state index contributed by atoms with van der Waals surface area (Å²) in [7, 11) is 0. The zero-order valence-corrected chi connectivity index (χ0v) is 14.7. The second kappa shape index (κ2) is 8.12. The first-order valence-corrected chi connectivity index (χ1v) is 8.77. The number of halogens is 1. The Morgan fingerprint density at radius 1 is 1.04 bits per heavy atom. The molecule has 0 radical (unpaired) electrons. The van der Waals surface area contributed by atoms with Gasteiger partial charge >= 0.3 is 5.97 Å². The summed E-state index contributed by atoms with van der Waals surface area (Å²) in [5, 5.41) is 8.76. The molecule has 2 aromatic rings. The molecule has 5 nitrogen and oxygen atoms in total. The molecule has 1 N–H and O–H groups in total. The highest BCUT2D eigenvalue weighted by Crippen LogP contribution is 2.47. The number of carbonyl (C=O) groups is 3. The zero-order chi connectivity index (χ0) is 19.4.